The quantitative estimate of drug-likeness (QED) is 0.665. The van der Waals surface area contributed by atoms with Crippen molar-refractivity contribution >= 4 is 21.9 Å². The lowest BCUT2D eigenvalue weighted by Crippen LogP contribution is -2.20. The monoisotopic (exact) mass is 281 g/mol. The molecule has 1 rings (SSSR count). The van der Waals surface area contributed by atoms with Crippen molar-refractivity contribution in [2.24, 2.45) is 0 Å². The fraction of sp³-hybridized carbons (Fsp3) is 0.250. The number of methoxy groups -OCH3 is 1. The Hall–Kier alpha value is -1.24. The van der Waals surface area contributed by atoms with E-state index in [4.69, 9.17) is 0 Å². The number of alkyl halides is 2. The van der Waals surface area contributed by atoms with E-state index in [1.165, 1.54) is 0 Å². The molecule has 0 saturated carbocycles. The molecule has 1 heterocycles. The molecule has 0 aliphatic carbocycles. The zero-order chi connectivity index (χ0) is 11.6. The molecule has 1 aromatic heterocycles. The number of aromatic amines is 1. The van der Waals surface area contributed by atoms with Gasteiger partial charge in [0.2, 0.25) is 0 Å². The van der Waals surface area contributed by atoms with E-state index in [1.54, 1.807) is 0 Å². The number of ether oxygens (including phenoxy) is 1. The summed E-state index contributed by atoms with van der Waals surface area (Å²) in [7, 11) is 1.01. The Labute approximate surface area is 91.4 Å². The van der Waals surface area contributed by atoms with Gasteiger partial charge in [-0.05, 0) is 15.9 Å². The van der Waals surface area contributed by atoms with Crippen LogP contribution < -0.4 is 5.43 Å². The van der Waals surface area contributed by atoms with E-state index in [0.717, 1.165) is 13.2 Å². The minimum Gasteiger partial charge on any atom is -0.465 e. The molecule has 0 amide bonds. The van der Waals surface area contributed by atoms with E-state index in [0.29, 0.717) is 0 Å². The number of hydrogen-bond donors (Lipinski definition) is 1. The Kier molecular flexibility index (Phi) is 3.57. The first-order valence-corrected chi connectivity index (χ1v) is 4.56. The second-order valence-electron chi connectivity index (χ2n) is 2.56. The number of aromatic nitrogens is 1. The molecule has 15 heavy (non-hydrogen) atoms. The second kappa shape index (κ2) is 4.52. The number of H-pyrrole nitrogens is 1. The van der Waals surface area contributed by atoms with Crippen LogP contribution in [0.4, 0.5) is 8.78 Å². The molecule has 1 aromatic rings. The lowest BCUT2D eigenvalue weighted by molar-refractivity contribution is 0.0585. The Balaban J connectivity index is 3.47. The van der Waals surface area contributed by atoms with Crippen LogP contribution in [-0.2, 0) is 4.74 Å². The molecule has 0 unspecified atom stereocenters. The van der Waals surface area contributed by atoms with Crippen molar-refractivity contribution in [3.63, 3.8) is 0 Å². The van der Waals surface area contributed by atoms with Gasteiger partial charge in [-0.1, -0.05) is 0 Å². The predicted octanol–water partition coefficient (Wildman–Crippen LogP) is 1.86. The Morgan fingerprint density at radius 1 is 1.60 bits per heavy atom. The molecule has 0 atom stereocenters. The molecule has 0 saturated heterocycles. The van der Waals surface area contributed by atoms with Gasteiger partial charge in [-0.25, -0.2) is 13.6 Å². The summed E-state index contributed by atoms with van der Waals surface area (Å²) in [4.78, 5) is 24.6. The third-order valence-corrected chi connectivity index (χ3v) is 2.06. The summed E-state index contributed by atoms with van der Waals surface area (Å²) in [5, 5.41) is 0. The fourth-order valence-electron chi connectivity index (χ4n) is 1.02. The SMILES string of the molecule is COC(=O)c1c(C(F)F)[nH]c(Br)cc1=O. The summed E-state index contributed by atoms with van der Waals surface area (Å²) >= 11 is 2.85. The summed E-state index contributed by atoms with van der Waals surface area (Å²) < 4.78 is 29.3. The van der Waals surface area contributed by atoms with E-state index in [1.807, 2.05) is 0 Å². The van der Waals surface area contributed by atoms with Crippen molar-refractivity contribution in [1.29, 1.82) is 0 Å². The Bertz CT molecular complexity index is 444. The van der Waals surface area contributed by atoms with Crippen LogP contribution >= 0.6 is 15.9 Å². The molecule has 4 nitrogen and oxygen atoms in total. The molecule has 1 N–H and O–H groups in total. The minimum absolute atomic E-state index is 0.0791. The summed E-state index contributed by atoms with van der Waals surface area (Å²) in [6, 6.07) is 0.984. The van der Waals surface area contributed by atoms with E-state index in [2.05, 4.69) is 25.7 Å². The predicted molar refractivity (Wildman–Crippen MR) is 51.1 cm³/mol. The van der Waals surface area contributed by atoms with Crippen molar-refractivity contribution in [2.75, 3.05) is 7.11 Å². The van der Waals surface area contributed by atoms with Crippen LogP contribution in [0.25, 0.3) is 0 Å². The number of esters is 1. The van der Waals surface area contributed by atoms with Crippen LogP contribution in [-0.4, -0.2) is 18.1 Å². The number of pyridine rings is 1. The van der Waals surface area contributed by atoms with Crippen molar-refractivity contribution in [3.05, 3.63) is 32.2 Å². The van der Waals surface area contributed by atoms with Crippen LogP contribution in [0.1, 0.15) is 22.5 Å². The van der Waals surface area contributed by atoms with E-state index < -0.39 is 29.1 Å². The minimum atomic E-state index is -2.95. The number of rotatable bonds is 2. The molecule has 0 fully saturated rings. The number of halogens is 3. The van der Waals surface area contributed by atoms with Crippen LogP contribution in [0, 0.1) is 0 Å². The van der Waals surface area contributed by atoms with Gasteiger partial charge in [0, 0.05) is 6.07 Å². The van der Waals surface area contributed by atoms with Crippen molar-refractivity contribution < 1.29 is 18.3 Å². The number of hydrogen-bond acceptors (Lipinski definition) is 3. The zero-order valence-electron chi connectivity index (χ0n) is 7.51. The van der Waals surface area contributed by atoms with Gasteiger partial charge in [-0.15, -0.1) is 0 Å². The maximum absolute atomic E-state index is 12.5. The zero-order valence-corrected chi connectivity index (χ0v) is 9.10. The van der Waals surface area contributed by atoms with Gasteiger partial charge in [0.25, 0.3) is 6.43 Å². The maximum Gasteiger partial charge on any atom is 0.343 e. The van der Waals surface area contributed by atoms with Gasteiger partial charge in [-0.3, -0.25) is 4.79 Å². The Morgan fingerprint density at radius 2 is 2.20 bits per heavy atom. The number of carbonyl (C=O) groups excluding carboxylic acids is 1. The molecule has 0 aliphatic rings. The summed E-state index contributed by atoms with van der Waals surface area (Å²) in [6.07, 6.45) is -2.95. The normalized spacial score (nSPS) is 10.5. The highest BCUT2D eigenvalue weighted by Crippen LogP contribution is 2.20. The van der Waals surface area contributed by atoms with Gasteiger partial charge in [0.05, 0.1) is 11.7 Å². The topological polar surface area (TPSA) is 59.2 Å². The molecular weight excluding hydrogens is 276 g/mol. The van der Waals surface area contributed by atoms with Crippen molar-refractivity contribution in [1.82, 2.24) is 4.98 Å². The van der Waals surface area contributed by atoms with Crippen LogP contribution in [0.15, 0.2) is 15.5 Å². The van der Waals surface area contributed by atoms with E-state index in [-0.39, 0.29) is 4.60 Å². The molecule has 7 heteroatoms. The van der Waals surface area contributed by atoms with Gasteiger partial charge in [0.1, 0.15) is 11.3 Å². The largest absolute Gasteiger partial charge is 0.465 e. The summed E-state index contributed by atoms with van der Waals surface area (Å²) in [5.41, 5.74) is -2.24. The molecule has 0 spiro atoms. The lowest BCUT2D eigenvalue weighted by atomic mass is 10.2. The smallest absolute Gasteiger partial charge is 0.343 e. The van der Waals surface area contributed by atoms with Crippen molar-refractivity contribution in [3.8, 4) is 0 Å². The van der Waals surface area contributed by atoms with Crippen LogP contribution in [0.2, 0.25) is 0 Å². The average Bonchev–Trinajstić information content (AvgIpc) is 2.15. The molecular formula is C8H6BrF2NO3. The summed E-state index contributed by atoms with van der Waals surface area (Å²) in [6.45, 7) is 0. The highest BCUT2D eigenvalue weighted by atomic mass is 79.9. The first-order chi connectivity index (χ1) is 6.97. The number of nitrogens with one attached hydrogen (secondary N) is 1. The standard InChI is InChI=1S/C8H6BrF2NO3/c1-15-8(14)5-3(13)2-4(9)12-6(5)7(10)11/h2,7H,1H3,(H,12,13). The molecule has 82 valence electrons. The Morgan fingerprint density at radius 3 is 2.67 bits per heavy atom. The molecule has 0 aromatic carbocycles. The van der Waals surface area contributed by atoms with Crippen LogP contribution in [0.3, 0.4) is 0 Å². The lowest BCUT2D eigenvalue weighted by Gasteiger charge is -2.06. The van der Waals surface area contributed by atoms with Crippen LogP contribution in [0.5, 0.6) is 0 Å². The highest BCUT2D eigenvalue weighted by Gasteiger charge is 2.23. The number of carbonyl (C=O) groups is 1. The summed E-state index contributed by atoms with van der Waals surface area (Å²) in [5.74, 6) is -1.08. The van der Waals surface area contributed by atoms with Gasteiger partial charge in [0.15, 0.2) is 5.43 Å². The van der Waals surface area contributed by atoms with E-state index in [9.17, 15) is 18.4 Å². The van der Waals surface area contributed by atoms with E-state index >= 15 is 0 Å². The third-order valence-electron chi connectivity index (χ3n) is 1.64. The first-order valence-electron chi connectivity index (χ1n) is 3.76. The fourth-order valence-corrected chi connectivity index (χ4v) is 1.45. The highest BCUT2D eigenvalue weighted by molar-refractivity contribution is 9.10. The third kappa shape index (κ3) is 2.41. The second-order valence-corrected chi connectivity index (χ2v) is 3.42. The van der Waals surface area contributed by atoms with Gasteiger partial charge < -0.3 is 9.72 Å². The average molecular weight is 282 g/mol. The van der Waals surface area contributed by atoms with Gasteiger partial charge >= 0.3 is 5.97 Å². The first kappa shape index (κ1) is 11.8. The van der Waals surface area contributed by atoms with Gasteiger partial charge in [-0.2, -0.15) is 0 Å². The van der Waals surface area contributed by atoms with Crippen molar-refractivity contribution in [2.45, 2.75) is 6.43 Å². The molecule has 0 radical (unpaired) electrons. The molecule has 0 aliphatic heterocycles. The maximum atomic E-state index is 12.5. The molecule has 0 bridgehead atoms.